The van der Waals surface area contributed by atoms with E-state index in [0.717, 1.165) is 38.3 Å². The van der Waals surface area contributed by atoms with Crippen molar-refractivity contribution in [1.29, 1.82) is 0 Å². The normalized spacial score (nSPS) is 18.5. The van der Waals surface area contributed by atoms with Crippen molar-refractivity contribution in [3.8, 4) is 0 Å². The lowest BCUT2D eigenvalue weighted by atomic mass is 9.83. The number of unbranched alkanes of at least 4 members (excludes halogenated alkanes) is 1. The molecule has 1 rings (SSSR count). The summed E-state index contributed by atoms with van der Waals surface area (Å²) in [5.41, 5.74) is 6.01. The van der Waals surface area contributed by atoms with E-state index in [4.69, 9.17) is 15.8 Å². The van der Waals surface area contributed by atoms with Gasteiger partial charge in [0.15, 0.2) is 0 Å². The van der Waals surface area contributed by atoms with Crippen molar-refractivity contribution >= 4 is 7.12 Å². The van der Waals surface area contributed by atoms with Crippen molar-refractivity contribution in [3.63, 3.8) is 0 Å². The average Bonchev–Trinajstić information content (AvgIpc) is 2.77. The van der Waals surface area contributed by atoms with Crippen molar-refractivity contribution in [2.24, 2.45) is 5.73 Å². The van der Waals surface area contributed by atoms with Crippen molar-refractivity contribution in [3.05, 3.63) is 0 Å². The summed E-state index contributed by atoms with van der Waals surface area (Å²) in [4.78, 5) is 0. The van der Waals surface area contributed by atoms with E-state index in [2.05, 4.69) is 5.32 Å². The summed E-state index contributed by atoms with van der Waals surface area (Å²) in [5, 5.41) is 21.0. The van der Waals surface area contributed by atoms with E-state index in [0.29, 0.717) is 6.32 Å². The molecule has 4 nitrogen and oxygen atoms in total. The van der Waals surface area contributed by atoms with E-state index < -0.39 is 7.12 Å². The van der Waals surface area contributed by atoms with Crippen molar-refractivity contribution in [2.45, 2.75) is 69.8 Å². The summed E-state index contributed by atoms with van der Waals surface area (Å²) in [5.74, 6) is 0. The molecule has 5 N–H and O–H groups in total. The summed E-state index contributed by atoms with van der Waals surface area (Å²) in [6.07, 6.45) is 9.70. The van der Waals surface area contributed by atoms with Gasteiger partial charge in [-0.3, -0.25) is 0 Å². The van der Waals surface area contributed by atoms with Gasteiger partial charge in [-0.2, -0.15) is 0 Å². The summed E-state index contributed by atoms with van der Waals surface area (Å²) in [6.45, 7) is 1.02. The summed E-state index contributed by atoms with van der Waals surface area (Å²) < 4.78 is 0. The van der Waals surface area contributed by atoms with Gasteiger partial charge in [0.2, 0.25) is 0 Å². The zero-order valence-electron chi connectivity index (χ0n) is 10.8. The summed E-state index contributed by atoms with van der Waals surface area (Å²) in [6, 6.07) is 0.978. The van der Waals surface area contributed by atoms with Gasteiger partial charge in [-0.05, 0) is 38.5 Å². The van der Waals surface area contributed by atoms with Gasteiger partial charge in [0.1, 0.15) is 0 Å². The fraction of sp³-hybridized carbons (Fsp3) is 1.00. The van der Waals surface area contributed by atoms with Gasteiger partial charge < -0.3 is 21.1 Å². The van der Waals surface area contributed by atoms with E-state index in [1.54, 1.807) is 0 Å². The molecule has 0 bridgehead atoms. The molecule has 1 aliphatic rings. The molecule has 0 aromatic carbocycles. The van der Waals surface area contributed by atoms with Crippen LogP contribution in [-0.2, 0) is 0 Å². The second-order valence-corrected chi connectivity index (χ2v) is 5.25. The quantitative estimate of drug-likeness (QED) is 0.357. The van der Waals surface area contributed by atoms with Crippen LogP contribution in [0.4, 0.5) is 0 Å². The zero-order valence-corrected chi connectivity index (χ0v) is 10.8. The molecule has 1 atom stereocenters. The van der Waals surface area contributed by atoms with Crippen LogP contribution in [0.1, 0.15) is 51.4 Å². The van der Waals surface area contributed by atoms with E-state index in [9.17, 15) is 0 Å². The lowest BCUT2D eigenvalue weighted by Gasteiger charge is -2.15. The monoisotopic (exact) mass is 242 g/mol. The van der Waals surface area contributed by atoms with Crippen molar-refractivity contribution < 1.29 is 10.0 Å². The molecule has 1 saturated carbocycles. The highest BCUT2D eigenvalue weighted by molar-refractivity contribution is 6.40. The Bertz CT molecular complexity index is 187. The fourth-order valence-corrected chi connectivity index (χ4v) is 2.48. The van der Waals surface area contributed by atoms with E-state index in [-0.39, 0.29) is 6.04 Å². The second kappa shape index (κ2) is 8.92. The molecule has 0 heterocycles. The number of rotatable bonds is 9. The minimum Gasteiger partial charge on any atom is -0.427 e. The van der Waals surface area contributed by atoms with Crippen LogP contribution < -0.4 is 11.1 Å². The third kappa shape index (κ3) is 7.76. The van der Waals surface area contributed by atoms with Gasteiger partial charge in [0.25, 0.3) is 0 Å². The Labute approximate surface area is 105 Å². The third-order valence-electron chi connectivity index (χ3n) is 3.59. The molecule has 0 amide bonds. The molecule has 0 aromatic rings. The topological polar surface area (TPSA) is 78.5 Å². The minimum absolute atomic E-state index is 0.250. The molecule has 100 valence electrons. The Kier molecular flexibility index (Phi) is 7.85. The number of nitrogens with two attached hydrogens (primary N) is 1. The maximum absolute atomic E-state index is 8.69. The largest absolute Gasteiger partial charge is 0.451 e. The summed E-state index contributed by atoms with van der Waals surface area (Å²) in [7, 11) is -1.16. The minimum atomic E-state index is -1.16. The predicted octanol–water partition coefficient (Wildman–Crippen LogP) is 0.879. The highest BCUT2D eigenvalue weighted by atomic mass is 16.4. The van der Waals surface area contributed by atoms with E-state index in [1.165, 1.54) is 25.7 Å². The average molecular weight is 242 g/mol. The molecule has 0 radical (unpaired) electrons. The zero-order chi connectivity index (χ0) is 12.5. The first-order valence-corrected chi connectivity index (χ1v) is 7.03. The second-order valence-electron chi connectivity index (χ2n) is 5.25. The molecule has 5 heteroatoms. The Morgan fingerprint density at radius 3 is 2.53 bits per heavy atom. The highest BCUT2D eigenvalue weighted by Gasteiger charge is 2.14. The molecule has 1 aliphatic carbocycles. The maximum atomic E-state index is 8.69. The smallest absolute Gasteiger partial charge is 0.427 e. The van der Waals surface area contributed by atoms with Crippen LogP contribution in [0.25, 0.3) is 0 Å². The number of hydrogen-bond donors (Lipinski definition) is 4. The highest BCUT2D eigenvalue weighted by Crippen LogP contribution is 2.17. The van der Waals surface area contributed by atoms with Crippen LogP contribution in [0.5, 0.6) is 0 Å². The number of hydrogen-bond acceptors (Lipinski definition) is 4. The molecule has 0 aromatic heterocycles. The van der Waals surface area contributed by atoms with Gasteiger partial charge in [-0.1, -0.05) is 25.7 Å². The van der Waals surface area contributed by atoms with Gasteiger partial charge >= 0.3 is 7.12 Å². The molecule has 0 spiro atoms. The van der Waals surface area contributed by atoms with E-state index in [1.807, 2.05) is 0 Å². The maximum Gasteiger partial charge on any atom is 0.451 e. The van der Waals surface area contributed by atoms with Gasteiger partial charge in [-0.25, -0.2) is 0 Å². The SMILES string of the molecule is NC(CCCCB(O)O)CCNC1CCCC1. The van der Waals surface area contributed by atoms with Crippen molar-refractivity contribution in [1.82, 2.24) is 5.32 Å². The van der Waals surface area contributed by atoms with Crippen LogP contribution in [0, 0.1) is 0 Å². The number of nitrogens with one attached hydrogen (secondary N) is 1. The van der Waals surface area contributed by atoms with Crippen LogP contribution in [0.2, 0.25) is 6.32 Å². The lowest BCUT2D eigenvalue weighted by Crippen LogP contribution is -2.31. The fourth-order valence-electron chi connectivity index (χ4n) is 2.48. The van der Waals surface area contributed by atoms with Crippen molar-refractivity contribution in [2.75, 3.05) is 6.54 Å². The van der Waals surface area contributed by atoms with Crippen LogP contribution in [-0.4, -0.2) is 35.8 Å². The lowest BCUT2D eigenvalue weighted by molar-refractivity contribution is 0.399. The molecule has 0 aliphatic heterocycles. The Morgan fingerprint density at radius 1 is 1.18 bits per heavy atom. The first-order valence-electron chi connectivity index (χ1n) is 7.03. The van der Waals surface area contributed by atoms with E-state index >= 15 is 0 Å². The Balaban J connectivity index is 1.88. The van der Waals surface area contributed by atoms with Gasteiger partial charge in [0, 0.05) is 12.1 Å². The molecule has 1 fully saturated rings. The van der Waals surface area contributed by atoms with Crippen LogP contribution >= 0.6 is 0 Å². The molecule has 0 saturated heterocycles. The predicted molar refractivity (Wildman–Crippen MR) is 71.7 cm³/mol. The first kappa shape index (κ1) is 15.0. The first-order chi connectivity index (χ1) is 8.18. The molecule has 1 unspecified atom stereocenters. The standard InChI is InChI=1S/C12H27BN2O2/c14-11(5-3-4-9-13(16)17)8-10-15-12-6-1-2-7-12/h11-12,15-17H,1-10,14H2. The summed E-state index contributed by atoms with van der Waals surface area (Å²) >= 11 is 0. The Morgan fingerprint density at radius 2 is 1.88 bits per heavy atom. The third-order valence-corrected chi connectivity index (χ3v) is 3.59. The van der Waals surface area contributed by atoms with Crippen LogP contribution in [0.15, 0.2) is 0 Å². The molecular formula is C12H27BN2O2. The molecular weight excluding hydrogens is 215 g/mol. The van der Waals surface area contributed by atoms with Gasteiger partial charge in [-0.15, -0.1) is 0 Å². The Hall–Kier alpha value is -0.0951. The molecule has 17 heavy (non-hydrogen) atoms. The van der Waals surface area contributed by atoms with Gasteiger partial charge in [0.05, 0.1) is 0 Å². The van der Waals surface area contributed by atoms with Crippen LogP contribution in [0.3, 0.4) is 0 Å².